The molecule has 64 valence electrons. The van der Waals surface area contributed by atoms with Gasteiger partial charge in [-0.05, 0) is 25.2 Å². The van der Waals surface area contributed by atoms with Gasteiger partial charge in [0.2, 0.25) is 0 Å². The minimum absolute atomic E-state index is 0.826. The average Bonchev–Trinajstić information content (AvgIpc) is 2.50. The average molecular weight is 153 g/mol. The van der Waals surface area contributed by atoms with Gasteiger partial charge in [-0.3, -0.25) is 4.99 Å². The van der Waals surface area contributed by atoms with E-state index >= 15 is 0 Å². The summed E-state index contributed by atoms with van der Waals surface area (Å²) in [5.74, 6) is 0.826. The highest BCUT2D eigenvalue weighted by atomic mass is 14.7. The fourth-order valence-electron chi connectivity index (χ4n) is 1.58. The summed E-state index contributed by atoms with van der Waals surface area (Å²) in [5, 5.41) is 0. The zero-order valence-electron chi connectivity index (χ0n) is 7.55. The number of hydrogen-bond donors (Lipinski definition) is 0. The van der Waals surface area contributed by atoms with Crippen LogP contribution in [0.5, 0.6) is 0 Å². The van der Waals surface area contributed by atoms with E-state index in [4.69, 9.17) is 0 Å². The zero-order chi connectivity index (χ0) is 7.94. The van der Waals surface area contributed by atoms with Gasteiger partial charge in [-0.1, -0.05) is 26.2 Å². The lowest BCUT2D eigenvalue weighted by Gasteiger charge is -1.98. The summed E-state index contributed by atoms with van der Waals surface area (Å²) in [6, 6.07) is 0. The van der Waals surface area contributed by atoms with Gasteiger partial charge in [-0.25, -0.2) is 0 Å². The van der Waals surface area contributed by atoms with E-state index in [1.165, 1.54) is 38.5 Å². The maximum atomic E-state index is 4.42. The van der Waals surface area contributed by atoms with Crippen LogP contribution in [0.25, 0.3) is 0 Å². The molecule has 0 aliphatic heterocycles. The van der Waals surface area contributed by atoms with Crippen LogP contribution in [0.4, 0.5) is 0 Å². The second kappa shape index (κ2) is 5.34. The van der Waals surface area contributed by atoms with E-state index < -0.39 is 0 Å². The van der Waals surface area contributed by atoms with Gasteiger partial charge in [0.15, 0.2) is 0 Å². The Morgan fingerprint density at radius 2 is 2.09 bits per heavy atom. The molecule has 0 amide bonds. The molecule has 0 aromatic heterocycles. The third-order valence-electron chi connectivity index (χ3n) is 2.36. The molecule has 0 heterocycles. The molecular formula is C10H19N. The second-order valence-corrected chi connectivity index (χ2v) is 3.45. The highest BCUT2D eigenvalue weighted by Gasteiger charge is 2.11. The third-order valence-corrected chi connectivity index (χ3v) is 2.36. The van der Waals surface area contributed by atoms with Crippen molar-refractivity contribution < 1.29 is 0 Å². The number of unbranched alkanes of at least 4 members (excludes halogenated alkanes) is 1. The Kier molecular flexibility index (Phi) is 4.25. The SMILES string of the molecule is CCCCN=CC1CCCC1. The van der Waals surface area contributed by atoms with E-state index in [9.17, 15) is 0 Å². The summed E-state index contributed by atoms with van der Waals surface area (Å²) < 4.78 is 0. The quantitative estimate of drug-likeness (QED) is 0.435. The van der Waals surface area contributed by atoms with Crippen molar-refractivity contribution in [3.8, 4) is 0 Å². The van der Waals surface area contributed by atoms with Crippen LogP contribution in [0.1, 0.15) is 45.4 Å². The van der Waals surface area contributed by atoms with Gasteiger partial charge < -0.3 is 0 Å². The van der Waals surface area contributed by atoms with E-state index in [0.29, 0.717) is 0 Å². The molecule has 1 aliphatic carbocycles. The van der Waals surface area contributed by atoms with Gasteiger partial charge in [0.25, 0.3) is 0 Å². The zero-order valence-corrected chi connectivity index (χ0v) is 7.55. The lowest BCUT2D eigenvalue weighted by Crippen LogP contribution is -1.94. The van der Waals surface area contributed by atoms with Crippen LogP contribution in [0.3, 0.4) is 0 Å². The van der Waals surface area contributed by atoms with Gasteiger partial charge >= 0.3 is 0 Å². The van der Waals surface area contributed by atoms with E-state index in [1.54, 1.807) is 0 Å². The molecule has 0 aromatic carbocycles. The van der Waals surface area contributed by atoms with Crippen LogP contribution in [0.15, 0.2) is 4.99 Å². The molecule has 0 atom stereocenters. The highest BCUT2D eigenvalue weighted by molar-refractivity contribution is 5.60. The van der Waals surface area contributed by atoms with Crippen LogP contribution in [-0.4, -0.2) is 12.8 Å². The number of hydrogen-bond acceptors (Lipinski definition) is 1. The van der Waals surface area contributed by atoms with Gasteiger partial charge in [0.05, 0.1) is 0 Å². The van der Waals surface area contributed by atoms with Crippen molar-refractivity contribution in [2.24, 2.45) is 10.9 Å². The number of aliphatic imine (C=N–C) groups is 1. The first-order valence-corrected chi connectivity index (χ1v) is 4.93. The Hall–Kier alpha value is -0.330. The van der Waals surface area contributed by atoms with E-state index in [2.05, 4.69) is 18.1 Å². The summed E-state index contributed by atoms with van der Waals surface area (Å²) >= 11 is 0. The van der Waals surface area contributed by atoms with Crippen molar-refractivity contribution >= 4 is 6.21 Å². The van der Waals surface area contributed by atoms with E-state index in [0.717, 1.165) is 12.5 Å². The molecule has 1 rings (SSSR count). The Labute approximate surface area is 69.9 Å². The van der Waals surface area contributed by atoms with Gasteiger partial charge in [-0.15, -0.1) is 0 Å². The molecule has 0 spiro atoms. The maximum Gasteiger partial charge on any atom is 0.0385 e. The summed E-state index contributed by atoms with van der Waals surface area (Å²) in [7, 11) is 0. The smallest absolute Gasteiger partial charge is 0.0385 e. The van der Waals surface area contributed by atoms with Crippen LogP contribution in [0.2, 0.25) is 0 Å². The lowest BCUT2D eigenvalue weighted by molar-refractivity contribution is 0.732. The molecule has 1 saturated carbocycles. The van der Waals surface area contributed by atoms with E-state index in [-0.39, 0.29) is 0 Å². The standard InChI is InChI=1S/C10H19N/c1-2-3-8-11-9-10-6-4-5-7-10/h9-10H,2-8H2,1H3. The molecular weight excluding hydrogens is 134 g/mol. The van der Waals surface area contributed by atoms with Gasteiger partial charge in [-0.2, -0.15) is 0 Å². The summed E-state index contributed by atoms with van der Waals surface area (Å²) in [6.07, 6.45) is 10.3. The first-order valence-electron chi connectivity index (χ1n) is 4.93. The minimum atomic E-state index is 0.826. The molecule has 1 heteroatoms. The van der Waals surface area contributed by atoms with Crippen molar-refractivity contribution in [3.05, 3.63) is 0 Å². The van der Waals surface area contributed by atoms with Crippen molar-refractivity contribution in [3.63, 3.8) is 0 Å². The fourth-order valence-corrected chi connectivity index (χ4v) is 1.58. The summed E-state index contributed by atoms with van der Waals surface area (Å²) in [4.78, 5) is 4.42. The molecule has 0 radical (unpaired) electrons. The molecule has 0 aromatic rings. The van der Waals surface area contributed by atoms with Crippen molar-refractivity contribution in [1.29, 1.82) is 0 Å². The number of rotatable bonds is 4. The predicted octanol–water partition coefficient (Wildman–Crippen LogP) is 3.05. The molecule has 0 bridgehead atoms. The molecule has 0 saturated heterocycles. The van der Waals surface area contributed by atoms with Crippen molar-refractivity contribution in [1.82, 2.24) is 0 Å². The molecule has 11 heavy (non-hydrogen) atoms. The van der Waals surface area contributed by atoms with Gasteiger partial charge in [0.1, 0.15) is 0 Å². The molecule has 1 nitrogen and oxygen atoms in total. The Balaban J connectivity index is 2.03. The molecule has 1 aliphatic rings. The van der Waals surface area contributed by atoms with Gasteiger partial charge in [0, 0.05) is 12.8 Å². The van der Waals surface area contributed by atoms with Crippen LogP contribution < -0.4 is 0 Å². The second-order valence-electron chi connectivity index (χ2n) is 3.45. The highest BCUT2D eigenvalue weighted by Crippen LogP contribution is 2.22. The first-order chi connectivity index (χ1) is 5.43. The summed E-state index contributed by atoms with van der Waals surface area (Å²) in [5.41, 5.74) is 0. The lowest BCUT2D eigenvalue weighted by atomic mass is 10.1. The number of nitrogens with zero attached hydrogens (tertiary/aromatic N) is 1. The Morgan fingerprint density at radius 3 is 2.73 bits per heavy atom. The van der Waals surface area contributed by atoms with E-state index in [1.807, 2.05) is 0 Å². The minimum Gasteiger partial charge on any atom is -0.297 e. The van der Waals surface area contributed by atoms with Crippen LogP contribution in [-0.2, 0) is 0 Å². The van der Waals surface area contributed by atoms with Crippen LogP contribution in [0, 0.1) is 5.92 Å². The normalized spacial score (nSPS) is 20.1. The molecule has 0 N–H and O–H groups in total. The monoisotopic (exact) mass is 153 g/mol. The van der Waals surface area contributed by atoms with Crippen LogP contribution >= 0.6 is 0 Å². The summed E-state index contributed by atoms with van der Waals surface area (Å²) in [6.45, 7) is 3.26. The molecule has 0 unspecified atom stereocenters. The molecule has 1 fully saturated rings. The largest absolute Gasteiger partial charge is 0.297 e. The first kappa shape index (κ1) is 8.76. The van der Waals surface area contributed by atoms with Crippen molar-refractivity contribution in [2.75, 3.05) is 6.54 Å². The van der Waals surface area contributed by atoms with Crippen molar-refractivity contribution in [2.45, 2.75) is 45.4 Å². The Bertz CT molecular complexity index is 112. The predicted molar refractivity (Wildman–Crippen MR) is 50.2 cm³/mol. The fraction of sp³-hybridized carbons (Fsp3) is 0.900. The Morgan fingerprint density at radius 1 is 1.36 bits per heavy atom. The maximum absolute atomic E-state index is 4.42. The third kappa shape index (κ3) is 3.54. The topological polar surface area (TPSA) is 12.4 Å².